The minimum absolute atomic E-state index is 0.111. The van der Waals surface area contributed by atoms with Crippen molar-refractivity contribution in [2.24, 2.45) is 5.73 Å². The molecule has 0 aliphatic heterocycles. The van der Waals surface area contributed by atoms with Crippen LogP contribution in [0.25, 0.3) is 10.6 Å². The van der Waals surface area contributed by atoms with E-state index in [1.54, 1.807) is 12.3 Å². The van der Waals surface area contributed by atoms with Gasteiger partial charge in [0.1, 0.15) is 11.6 Å². The molecule has 4 N–H and O–H groups in total. The van der Waals surface area contributed by atoms with Gasteiger partial charge in [0.2, 0.25) is 0 Å². The first kappa shape index (κ1) is 17.1. The molecular weight excluding hydrogens is 334 g/mol. The third kappa shape index (κ3) is 4.40. The Labute approximate surface area is 150 Å². The van der Waals surface area contributed by atoms with E-state index < -0.39 is 0 Å². The monoisotopic (exact) mass is 353 g/mol. The van der Waals surface area contributed by atoms with Gasteiger partial charge in [0.15, 0.2) is 0 Å². The Morgan fingerprint density at radius 2 is 2.08 bits per heavy atom. The van der Waals surface area contributed by atoms with Gasteiger partial charge in [-0.2, -0.15) is 0 Å². The first-order chi connectivity index (χ1) is 12.2. The highest BCUT2D eigenvalue weighted by Gasteiger charge is 2.11. The molecule has 0 aromatic carbocycles. The Bertz CT molecular complexity index is 877. The Kier molecular flexibility index (Phi) is 5.37. The van der Waals surface area contributed by atoms with E-state index in [9.17, 15) is 4.79 Å². The van der Waals surface area contributed by atoms with Gasteiger partial charge in [-0.1, -0.05) is 6.07 Å². The summed E-state index contributed by atoms with van der Waals surface area (Å²) in [5, 5.41) is 5.97. The number of carbonyl (C=O) groups excluding carboxylic acids is 1. The van der Waals surface area contributed by atoms with E-state index >= 15 is 0 Å². The SMILES string of the molecule is Cc1ccnc(Nc2cccc(-c3ccc(C(=O)NCCN)s3)n2)c1. The van der Waals surface area contributed by atoms with Crippen LogP contribution >= 0.6 is 11.3 Å². The molecule has 0 unspecified atom stereocenters. The van der Waals surface area contributed by atoms with Gasteiger partial charge >= 0.3 is 0 Å². The minimum atomic E-state index is -0.111. The molecule has 0 bridgehead atoms. The smallest absolute Gasteiger partial charge is 0.261 e. The summed E-state index contributed by atoms with van der Waals surface area (Å²) in [4.78, 5) is 22.5. The van der Waals surface area contributed by atoms with Crippen molar-refractivity contribution in [3.63, 3.8) is 0 Å². The van der Waals surface area contributed by atoms with Crippen molar-refractivity contribution in [2.45, 2.75) is 6.92 Å². The molecule has 0 radical (unpaired) electrons. The normalized spacial score (nSPS) is 10.5. The lowest BCUT2D eigenvalue weighted by atomic mass is 10.3. The van der Waals surface area contributed by atoms with E-state index in [1.807, 2.05) is 43.3 Å². The highest BCUT2D eigenvalue weighted by Crippen LogP contribution is 2.28. The standard InChI is InChI=1S/C18H19N5OS/c1-12-7-9-20-17(11-12)23-16-4-2-3-13(22-16)14-5-6-15(25-14)18(24)21-10-8-19/h2-7,9,11H,8,10,19H2,1H3,(H,21,24)(H,20,22,23). The fourth-order valence-corrected chi connectivity index (χ4v) is 3.14. The first-order valence-electron chi connectivity index (χ1n) is 7.91. The van der Waals surface area contributed by atoms with Crippen LogP contribution in [0.5, 0.6) is 0 Å². The molecule has 0 spiro atoms. The maximum absolute atomic E-state index is 12.0. The molecule has 25 heavy (non-hydrogen) atoms. The summed E-state index contributed by atoms with van der Waals surface area (Å²) < 4.78 is 0. The van der Waals surface area contributed by atoms with E-state index in [0.29, 0.717) is 23.8 Å². The van der Waals surface area contributed by atoms with Crippen LogP contribution < -0.4 is 16.4 Å². The van der Waals surface area contributed by atoms with Gasteiger partial charge in [-0.3, -0.25) is 4.79 Å². The summed E-state index contributed by atoms with van der Waals surface area (Å²) in [6.45, 7) is 2.90. The molecule has 0 aliphatic carbocycles. The molecule has 0 saturated carbocycles. The van der Waals surface area contributed by atoms with Gasteiger partial charge in [0.25, 0.3) is 5.91 Å². The number of hydrogen-bond acceptors (Lipinski definition) is 6. The molecule has 3 heterocycles. The Morgan fingerprint density at radius 3 is 2.88 bits per heavy atom. The minimum Gasteiger partial charge on any atom is -0.350 e. The van der Waals surface area contributed by atoms with Gasteiger partial charge in [-0.25, -0.2) is 9.97 Å². The zero-order valence-corrected chi connectivity index (χ0v) is 14.6. The summed E-state index contributed by atoms with van der Waals surface area (Å²) in [5.41, 5.74) is 7.34. The summed E-state index contributed by atoms with van der Waals surface area (Å²) in [6, 6.07) is 13.3. The number of hydrogen-bond donors (Lipinski definition) is 3. The average Bonchev–Trinajstić information content (AvgIpc) is 3.10. The fourth-order valence-electron chi connectivity index (χ4n) is 2.25. The second-order valence-corrected chi connectivity index (χ2v) is 6.54. The molecular formula is C18H19N5OS. The van der Waals surface area contributed by atoms with Gasteiger partial charge < -0.3 is 16.4 Å². The Hall–Kier alpha value is -2.77. The maximum atomic E-state index is 12.0. The van der Waals surface area contributed by atoms with Crippen LogP contribution in [0.3, 0.4) is 0 Å². The van der Waals surface area contributed by atoms with Crippen molar-refractivity contribution < 1.29 is 4.79 Å². The average molecular weight is 353 g/mol. The first-order valence-corrected chi connectivity index (χ1v) is 8.72. The number of aryl methyl sites for hydroxylation is 1. The number of nitrogens with zero attached hydrogens (tertiary/aromatic N) is 2. The van der Waals surface area contributed by atoms with Crippen molar-refractivity contribution in [2.75, 3.05) is 18.4 Å². The van der Waals surface area contributed by atoms with Crippen LogP contribution in [-0.4, -0.2) is 29.0 Å². The molecule has 3 rings (SSSR count). The molecule has 0 aliphatic rings. The van der Waals surface area contributed by atoms with Gasteiger partial charge in [0.05, 0.1) is 15.4 Å². The molecule has 7 heteroatoms. The second kappa shape index (κ2) is 7.87. The number of amides is 1. The van der Waals surface area contributed by atoms with Gasteiger partial charge in [-0.15, -0.1) is 11.3 Å². The number of aromatic nitrogens is 2. The predicted octanol–water partition coefficient (Wildman–Crippen LogP) is 2.95. The third-order valence-electron chi connectivity index (χ3n) is 3.43. The van der Waals surface area contributed by atoms with Crippen LogP contribution in [-0.2, 0) is 0 Å². The number of pyridine rings is 2. The number of anilines is 2. The number of nitrogens with one attached hydrogen (secondary N) is 2. The van der Waals surface area contributed by atoms with Crippen molar-refractivity contribution in [1.29, 1.82) is 0 Å². The lowest BCUT2D eigenvalue weighted by molar-refractivity contribution is 0.0959. The highest BCUT2D eigenvalue weighted by molar-refractivity contribution is 7.17. The predicted molar refractivity (Wildman–Crippen MR) is 101 cm³/mol. The van der Waals surface area contributed by atoms with E-state index in [0.717, 1.165) is 22.0 Å². The molecule has 0 fully saturated rings. The fraction of sp³-hybridized carbons (Fsp3) is 0.167. The Balaban J connectivity index is 1.77. The van der Waals surface area contributed by atoms with Crippen LogP contribution in [0.2, 0.25) is 0 Å². The van der Waals surface area contributed by atoms with E-state index in [4.69, 9.17) is 5.73 Å². The van der Waals surface area contributed by atoms with Crippen LogP contribution in [0.15, 0.2) is 48.7 Å². The summed E-state index contributed by atoms with van der Waals surface area (Å²) in [5.74, 6) is 1.34. The van der Waals surface area contributed by atoms with Crippen molar-refractivity contribution in [1.82, 2.24) is 15.3 Å². The molecule has 128 valence electrons. The van der Waals surface area contributed by atoms with E-state index in [-0.39, 0.29) is 5.91 Å². The molecule has 1 amide bonds. The lowest BCUT2D eigenvalue weighted by Crippen LogP contribution is -2.28. The summed E-state index contributed by atoms with van der Waals surface area (Å²) in [6.07, 6.45) is 1.76. The van der Waals surface area contributed by atoms with Crippen LogP contribution in [0, 0.1) is 6.92 Å². The summed E-state index contributed by atoms with van der Waals surface area (Å²) in [7, 11) is 0. The van der Waals surface area contributed by atoms with Crippen LogP contribution in [0.4, 0.5) is 11.6 Å². The Morgan fingerprint density at radius 1 is 1.20 bits per heavy atom. The van der Waals surface area contributed by atoms with Gasteiger partial charge in [0, 0.05) is 19.3 Å². The van der Waals surface area contributed by atoms with Gasteiger partial charge in [-0.05, 0) is 48.9 Å². The van der Waals surface area contributed by atoms with E-state index in [1.165, 1.54) is 11.3 Å². The maximum Gasteiger partial charge on any atom is 0.261 e. The molecule has 6 nitrogen and oxygen atoms in total. The quantitative estimate of drug-likeness (QED) is 0.633. The number of nitrogens with two attached hydrogens (primary N) is 1. The van der Waals surface area contributed by atoms with Crippen molar-refractivity contribution in [3.05, 3.63) is 59.1 Å². The van der Waals surface area contributed by atoms with Crippen molar-refractivity contribution in [3.8, 4) is 10.6 Å². The van der Waals surface area contributed by atoms with Crippen molar-refractivity contribution >= 4 is 28.9 Å². The molecule has 0 saturated heterocycles. The molecule has 3 aromatic rings. The zero-order chi connectivity index (χ0) is 17.6. The molecule has 3 aromatic heterocycles. The lowest BCUT2D eigenvalue weighted by Gasteiger charge is -2.06. The van der Waals surface area contributed by atoms with Crippen LogP contribution in [0.1, 0.15) is 15.2 Å². The zero-order valence-electron chi connectivity index (χ0n) is 13.8. The largest absolute Gasteiger partial charge is 0.350 e. The number of thiophene rings is 1. The third-order valence-corrected chi connectivity index (χ3v) is 4.54. The van der Waals surface area contributed by atoms with E-state index in [2.05, 4.69) is 20.6 Å². The number of carbonyl (C=O) groups is 1. The topological polar surface area (TPSA) is 92.9 Å². The number of rotatable bonds is 6. The molecule has 0 atom stereocenters. The summed E-state index contributed by atoms with van der Waals surface area (Å²) >= 11 is 1.40. The second-order valence-electron chi connectivity index (χ2n) is 5.46. The highest BCUT2D eigenvalue weighted by atomic mass is 32.1.